The topological polar surface area (TPSA) is 79.5 Å². The molecular weight excluding hydrogens is 278 g/mol. The number of rotatable bonds is 3. The van der Waals surface area contributed by atoms with Gasteiger partial charge in [-0.2, -0.15) is 0 Å². The summed E-state index contributed by atoms with van der Waals surface area (Å²) in [5, 5.41) is 9.38. The molecule has 1 aliphatic heterocycles. The molecular formula is C17H19N3O2. The molecule has 2 heterocycles. The first-order chi connectivity index (χ1) is 10.7. The second-order valence-electron chi connectivity index (χ2n) is 5.52. The molecule has 114 valence electrons. The van der Waals surface area contributed by atoms with Crippen LogP contribution in [-0.4, -0.2) is 40.1 Å². The lowest BCUT2D eigenvalue weighted by Gasteiger charge is -2.23. The number of amides is 1. The highest BCUT2D eigenvalue weighted by Gasteiger charge is 2.28. The zero-order chi connectivity index (χ0) is 15.5. The van der Waals surface area contributed by atoms with E-state index in [-0.39, 0.29) is 18.6 Å². The van der Waals surface area contributed by atoms with Gasteiger partial charge in [-0.1, -0.05) is 12.1 Å². The first-order valence-corrected chi connectivity index (χ1v) is 7.42. The van der Waals surface area contributed by atoms with Crippen LogP contribution >= 0.6 is 0 Å². The minimum absolute atomic E-state index is 0.0166. The van der Waals surface area contributed by atoms with Crippen molar-refractivity contribution in [2.45, 2.75) is 18.9 Å². The number of nitrogens with zero attached hydrogens (tertiary/aromatic N) is 2. The molecule has 3 rings (SSSR count). The molecule has 22 heavy (non-hydrogen) atoms. The summed E-state index contributed by atoms with van der Waals surface area (Å²) in [6.07, 6.45) is 5.09. The van der Waals surface area contributed by atoms with Crippen molar-refractivity contribution >= 4 is 11.6 Å². The Bertz CT molecular complexity index is 687. The number of aromatic nitrogens is 1. The van der Waals surface area contributed by atoms with Gasteiger partial charge in [0, 0.05) is 23.9 Å². The summed E-state index contributed by atoms with van der Waals surface area (Å²) in [6.45, 7) is 0.717. The third-order valence-electron chi connectivity index (χ3n) is 4.12. The summed E-state index contributed by atoms with van der Waals surface area (Å²) in [7, 11) is 0. The van der Waals surface area contributed by atoms with Crippen LogP contribution in [0.4, 0.5) is 5.69 Å². The highest BCUT2D eigenvalue weighted by atomic mass is 16.3. The molecule has 1 amide bonds. The molecule has 1 unspecified atom stereocenters. The lowest BCUT2D eigenvalue weighted by Crippen LogP contribution is -2.37. The van der Waals surface area contributed by atoms with Crippen LogP contribution in [0, 0.1) is 0 Å². The lowest BCUT2D eigenvalue weighted by atomic mass is 10.0. The van der Waals surface area contributed by atoms with Crippen LogP contribution in [0.1, 0.15) is 23.2 Å². The van der Waals surface area contributed by atoms with Crippen molar-refractivity contribution in [1.29, 1.82) is 0 Å². The summed E-state index contributed by atoms with van der Waals surface area (Å²) < 4.78 is 0. The van der Waals surface area contributed by atoms with E-state index >= 15 is 0 Å². The molecule has 1 aliphatic rings. The molecule has 0 bridgehead atoms. The maximum absolute atomic E-state index is 12.7. The van der Waals surface area contributed by atoms with Crippen LogP contribution in [0.2, 0.25) is 0 Å². The van der Waals surface area contributed by atoms with Gasteiger partial charge in [0.15, 0.2) is 0 Å². The van der Waals surface area contributed by atoms with Crippen LogP contribution < -0.4 is 5.73 Å². The summed E-state index contributed by atoms with van der Waals surface area (Å²) in [6, 6.07) is 9.20. The van der Waals surface area contributed by atoms with Gasteiger partial charge in [-0.05, 0) is 36.6 Å². The van der Waals surface area contributed by atoms with Gasteiger partial charge < -0.3 is 15.7 Å². The van der Waals surface area contributed by atoms with Gasteiger partial charge in [0.05, 0.1) is 24.5 Å². The maximum atomic E-state index is 12.7. The van der Waals surface area contributed by atoms with Crippen molar-refractivity contribution in [2.24, 2.45) is 0 Å². The molecule has 5 heteroatoms. The van der Waals surface area contributed by atoms with E-state index in [1.165, 1.54) is 0 Å². The van der Waals surface area contributed by atoms with E-state index < -0.39 is 0 Å². The molecule has 1 saturated heterocycles. The van der Waals surface area contributed by atoms with Gasteiger partial charge in [-0.25, -0.2) is 0 Å². The molecule has 1 aromatic heterocycles. The van der Waals surface area contributed by atoms with Gasteiger partial charge >= 0.3 is 0 Å². The highest BCUT2D eigenvalue weighted by molar-refractivity contribution is 5.96. The van der Waals surface area contributed by atoms with E-state index in [0.717, 1.165) is 24.0 Å². The number of nitrogens with two attached hydrogens (primary N) is 1. The number of pyridine rings is 1. The number of aliphatic hydroxyl groups excluding tert-OH is 1. The first kappa shape index (κ1) is 14.5. The number of carbonyl (C=O) groups is 1. The normalized spacial score (nSPS) is 17.7. The molecule has 3 N–H and O–H groups in total. The minimum Gasteiger partial charge on any atom is -0.397 e. The highest BCUT2D eigenvalue weighted by Crippen LogP contribution is 2.27. The van der Waals surface area contributed by atoms with Crippen LogP contribution in [0.15, 0.2) is 42.7 Å². The Morgan fingerprint density at radius 3 is 3.05 bits per heavy atom. The third kappa shape index (κ3) is 2.67. The number of likely N-dealkylation sites (tertiary alicyclic amines) is 1. The largest absolute Gasteiger partial charge is 0.397 e. The van der Waals surface area contributed by atoms with E-state index in [2.05, 4.69) is 4.98 Å². The number of aliphatic hydroxyl groups is 1. The SMILES string of the molecule is Nc1cnccc1-c1cccc(C(=O)N2CCCC2CO)c1. The molecule has 1 atom stereocenters. The van der Waals surface area contributed by atoms with Crippen molar-refractivity contribution in [3.8, 4) is 11.1 Å². The zero-order valence-electron chi connectivity index (χ0n) is 12.3. The van der Waals surface area contributed by atoms with Crippen molar-refractivity contribution in [2.75, 3.05) is 18.9 Å². The van der Waals surface area contributed by atoms with E-state index in [1.807, 2.05) is 24.3 Å². The van der Waals surface area contributed by atoms with Crippen molar-refractivity contribution < 1.29 is 9.90 Å². The molecule has 0 radical (unpaired) electrons. The standard InChI is InChI=1S/C17H19N3O2/c18-16-10-19-7-6-15(16)12-3-1-4-13(9-12)17(22)20-8-2-5-14(20)11-21/h1,3-4,6-7,9-10,14,21H,2,5,8,11,18H2. The maximum Gasteiger partial charge on any atom is 0.254 e. The minimum atomic E-state index is -0.0675. The Hall–Kier alpha value is -2.40. The lowest BCUT2D eigenvalue weighted by molar-refractivity contribution is 0.0677. The number of nitrogen functional groups attached to an aromatic ring is 1. The fraction of sp³-hybridized carbons (Fsp3) is 0.294. The number of hydrogen-bond acceptors (Lipinski definition) is 4. The average molecular weight is 297 g/mol. The van der Waals surface area contributed by atoms with E-state index in [1.54, 1.807) is 23.4 Å². The average Bonchev–Trinajstić information content (AvgIpc) is 3.03. The Kier molecular flexibility index (Phi) is 4.06. The zero-order valence-corrected chi connectivity index (χ0v) is 12.3. The summed E-state index contributed by atoms with van der Waals surface area (Å²) in [5.41, 5.74) is 8.92. The fourth-order valence-electron chi connectivity index (χ4n) is 2.95. The third-order valence-corrected chi connectivity index (χ3v) is 4.12. The molecule has 0 spiro atoms. The van der Waals surface area contributed by atoms with E-state index in [0.29, 0.717) is 17.8 Å². The Morgan fingerprint density at radius 2 is 2.27 bits per heavy atom. The second kappa shape index (κ2) is 6.15. The van der Waals surface area contributed by atoms with Crippen molar-refractivity contribution in [1.82, 2.24) is 9.88 Å². The van der Waals surface area contributed by atoms with Gasteiger partial charge in [-0.3, -0.25) is 9.78 Å². The molecule has 5 nitrogen and oxygen atoms in total. The number of benzene rings is 1. The second-order valence-corrected chi connectivity index (χ2v) is 5.52. The fourth-order valence-corrected chi connectivity index (χ4v) is 2.95. The van der Waals surface area contributed by atoms with Crippen LogP contribution in [0.3, 0.4) is 0 Å². The molecule has 0 aliphatic carbocycles. The van der Waals surface area contributed by atoms with Gasteiger partial charge in [-0.15, -0.1) is 0 Å². The molecule has 1 fully saturated rings. The van der Waals surface area contributed by atoms with Gasteiger partial charge in [0.25, 0.3) is 5.91 Å². The molecule has 2 aromatic rings. The smallest absolute Gasteiger partial charge is 0.254 e. The van der Waals surface area contributed by atoms with E-state index in [9.17, 15) is 9.90 Å². The summed E-state index contributed by atoms with van der Waals surface area (Å²) >= 11 is 0. The van der Waals surface area contributed by atoms with E-state index in [4.69, 9.17) is 5.73 Å². The van der Waals surface area contributed by atoms with Crippen molar-refractivity contribution in [3.63, 3.8) is 0 Å². The summed E-state index contributed by atoms with van der Waals surface area (Å²) in [4.78, 5) is 18.4. The molecule has 1 aromatic carbocycles. The van der Waals surface area contributed by atoms with Crippen LogP contribution in [-0.2, 0) is 0 Å². The predicted octanol–water partition coefficient (Wildman–Crippen LogP) is 1.93. The number of carbonyl (C=O) groups excluding carboxylic acids is 1. The quantitative estimate of drug-likeness (QED) is 0.907. The number of hydrogen-bond donors (Lipinski definition) is 2. The number of anilines is 1. The Morgan fingerprint density at radius 1 is 1.41 bits per heavy atom. The van der Waals surface area contributed by atoms with Crippen LogP contribution in [0.5, 0.6) is 0 Å². The summed E-state index contributed by atoms with van der Waals surface area (Å²) in [5.74, 6) is -0.0361. The first-order valence-electron chi connectivity index (χ1n) is 7.42. The monoisotopic (exact) mass is 297 g/mol. The van der Waals surface area contributed by atoms with Gasteiger partial charge in [0.2, 0.25) is 0 Å². The Balaban J connectivity index is 1.91. The van der Waals surface area contributed by atoms with Gasteiger partial charge in [0.1, 0.15) is 0 Å². The Labute approximate surface area is 129 Å². The molecule has 0 saturated carbocycles. The predicted molar refractivity (Wildman–Crippen MR) is 85.2 cm³/mol. The van der Waals surface area contributed by atoms with Crippen molar-refractivity contribution in [3.05, 3.63) is 48.3 Å². The van der Waals surface area contributed by atoms with Crippen LogP contribution in [0.25, 0.3) is 11.1 Å².